The zero-order chi connectivity index (χ0) is 37.5. The number of nitrogens with zero attached hydrogens (tertiary/aromatic N) is 1. The molecule has 0 saturated carbocycles. The van der Waals surface area contributed by atoms with Crippen LogP contribution in [-0.4, -0.2) is 87.1 Å². The van der Waals surface area contributed by atoms with Crippen molar-refractivity contribution < 1.29 is 43.7 Å². The van der Waals surface area contributed by atoms with Crippen LogP contribution < -0.4 is 21.7 Å². The van der Waals surface area contributed by atoms with E-state index in [2.05, 4.69) is 16.0 Å². The number of carbonyl (C=O) groups is 6. The van der Waals surface area contributed by atoms with Crippen LogP contribution in [0.25, 0.3) is 0 Å². The molecule has 0 aliphatic heterocycles. The number of imide groups is 1. The smallest absolute Gasteiger partial charge is 0.408 e. The topological polar surface area (TPSA) is 217 Å². The van der Waals surface area contributed by atoms with Crippen molar-refractivity contribution in [3.8, 4) is 0 Å². The SMILES string of the molecule is CC(NC(=O)OCc1ccccc1)C(=O)NC(C)C(=O)N(C(=O)CCC(O)C(N)Cc1ccccc1)C(C(=O)NC(C(=O)O)C(C)C)C(C)C. The summed E-state index contributed by atoms with van der Waals surface area (Å²) >= 11 is 0. The van der Waals surface area contributed by atoms with Crippen molar-refractivity contribution in [3.63, 3.8) is 0 Å². The van der Waals surface area contributed by atoms with E-state index in [1.54, 1.807) is 52.0 Å². The van der Waals surface area contributed by atoms with E-state index < -0.39 is 83.8 Å². The van der Waals surface area contributed by atoms with E-state index in [-0.39, 0.29) is 19.4 Å². The lowest BCUT2D eigenvalue weighted by Gasteiger charge is -2.35. The Bertz CT molecular complexity index is 1440. The van der Waals surface area contributed by atoms with Gasteiger partial charge in [0.1, 0.15) is 30.8 Å². The maximum Gasteiger partial charge on any atom is 0.408 e. The van der Waals surface area contributed by atoms with E-state index >= 15 is 0 Å². The van der Waals surface area contributed by atoms with E-state index in [0.717, 1.165) is 11.1 Å². The van der Waals surface area contributed by atoms with Crippen LogP contribution in [0.3, 0.4) is 0 Å². The molecule has 0 radical (unpaired) electrons. The Morgan fingerprint density at radius 2 is 1.32 bits per heavy atom. The molecule has 0 aliphatic carbocycles. The zero-order valence-corrected chi connectivity index (χ0v) is 29.5. The molecule has 2 aromatic carbocycles. The number of benzene rings is 2. The van der Waals surface area contributed by atoms with E-state index in [1.807, 2.05) is 36.4 Å². The quantitative estimate of drug-likeness (QED) is 0.133. The van der Waals surface area contributed by atoms with Crippen LogP contribution in [0.2, 0.25) is 0 Å². The number of ether oxygens (including phenoxy) is 1. The Hall–Kier alpha value is -4.82. The van der Waals surface area contributed by atoms with E-state index in [0.29, 0.717) is 11.3 Å². The number of aliphatic hydroxyl groups excluding tert-OH is 1. The highest BCUT2D eigenvalue weighted by atomic mass is 16.5. The Balaban J connectivity index is 2.23. The van der Waals surface area contributed by atoms with E-state index in [4.69, 9.17) is 10.5 Å². The third-order valence-electron chi connectivity index (χ3n) is 8.05. The number of carboxylic acid groups (broad SMARTS) is 1. The first kappa shape index (κ1) is 41.4. The number of hydrogen-bond donors (Lipinski definition) is 6. The molecular weight excluding hydrogens is 646 g/mol. The number of aliphatic carboxylic acids is 1. The summed E-state index contributed by atoms with van der Waals surface area (Å²) in [5, 5.41) is 27.8. The zero-order valence-electron chi connectivity index (χ0n) is 29.5. The van der Waals surface area contributed by atoms with Gasteiger partial charge in [0.2, 0.25) is 17.7 Å². The highest BCUT2D eigenvalue weighted by Crippen LogP contribution is 2.18. The molecule has 2 rings (SSSR count). The summed E-state index contributed by atoms with van der Waals surface area (Å²) in [5.41, 5.74) is 7.83. The number of nitrogens with one attached hydrogen (secondary N) is 3. The van der Waals surface area contributed by atoms with Gasteiger partial charge in [0, 0.05) is 12.5 Å². The second kappa shape index (κ2) is 20.0. The number of carboxylic acids is 1. The van der Waals surface area contributed by atoms with Crippen LogP contribution in [-0.2, 0) is 41.7 Å². The number of aliphatic hydroxyl groups is 1. The summed E-state index contributed by atoms with van der Waals surface area (Å²) in [4.78, 5) is 79.2. The van der Waals surface area contributed by atoms with E-state index in [1.165, 1.54) is 13.8 Å². The Morgan fingerprint density at radius 3 is 1.84 bits per heavy atom. The number of rotatable bonds is 18. The molecule has 14 nitrogen and oxygen atoms in total. The lowest BCUT2D eigenvalue weighted by molar-refractivity contribution is -0.156. The largest absolute Gasteiger partial charge is 0.480 e. The molecule has 2 aromatic rings. The van der Waals surface area contributed by atoms with Gasteiger partial charge in [-0.25, -0.2) is 9.59 Å². The molecular formula is C36H51N5O9. The Kier molecular flexibility index (Phi) is 16.5. The Labute approximate surface area is 293 Å². The second-order valence-corrected chi connectivity index (χ2v) is 13.0. The van der Waals surface area contributed by atoms with Gasteiger partial charge in [-0.3, -0.25) is 24.1 Å². The molecule has 0 spiro atoms. The first-order valence-electron chi connectivity index (χ1n) is 16.7. The second-order valence-electron chi connectivity index (χ2n) is 13.0. The number of hydrogen-bond acceptors (Lipinski definition) is 9. The molecule has 14 heteroatoms. The van der Waals surface area contributed by atoms with Gasteiger partial charge in [0.25, 0.3) is 5.91 Å². The number of carbonyl (C=O) groups excluding carboxylic acids is 5. The van der Waals surface area contributed by atoms with Crippen molar-refractivity contribution in [1.29, 1.82) is 0 Å². The minimum absolute atomic E-state index is 0.0307. The molecule has 0 fully saturated rings. The third kappa shape index (κ3) is 12.9. The first-order chi connectivity index (χ1) is 23.5. The standard InChI is InChI=1S/C36H51N5O9/c1-21(2)30(35(47)48)40-33(45)31(22(3)4)41(29(43)18-17-28(42)27(37)19-25-13-9-7-10-14-25)34(46)24(6)38-32(44)23(5)39-36(49)50-20-26-15-11-8-12-16-26/h7-16,21-24,27-28,30-31,42H,17-20,37H2,1-6H3,(H,38,44)(H,39,49)(H,40,45)(H,47,48). The molecule has 274 valence electrons. The van der Waals surface area contributed by atoms with Gasteiger partial charge in [-0.15, -0.1) is 0 Å². The van der Waals surface area contributed by atoms with Crippen molar-refractivity contribution in [1.82, 2.24) is 20.9 Å². The van der Waals surface area contributed by atoms with E-state index in [9.17, 15) is 39.0 Å². The normalized spacial score (nSPS) is 14.8. The van der Waals surface area contributed by atoms with Crippen LogP contribution in [0, 0.1) is 11.8 Å². The van der Waals surface area contributed by atoms with Gasteiger partial charge in [-0.05, 0) is 49.7 Å². The van der Waals surface area contributed by atoms with Crippen molar-refractivity contribution in [2.75, 3.05) is 0 Å². The molecule has 0 aromatic heterocycles. The van der Waals surface area contributed by atoms with Crippen LogP contribution in [0.4, 0.5) is 4.79 Å². The highest BCUT2D eigenvalue weighted by molar-refractivity contribution is 6.04. The monoisotopic (exact) mass is 697 g/mol. The maximum atomic E-state index is 13.9. The highest BCUT2D eigenvalue weighted by Gasteiger charge is 2.41. The van der Waals surface area contributed by atoms with Gasteiger partial charge in [0.05, 0.1) is 6.10 Å². The minimum Gasteiger partial charge on any atom is -0.480 e. The lowest BCUT2D eigenvalue weighted by atomic mass is 9.96. The maximum absolute atomic E-state index is 13.9. The van der Waals surface area contributed by atoms with Crippen LogP contribution in [0.5, 0.6) is 0 Å². The van der Waals surface area contributed by atoms with Gasteiger partial charge < -0.3 is 36.6 Å². The molecule has 6 unspecified atom stereocenters. The summed E-state index contributed by atoms with van der Waals surface area (Å²) in [6.45, 7) is 9.03. The summed E-state index contributed by atoms with van der Waals surface area (Å²) in [7, 11) is 0. The van der Waals surface area contributed by atoms with Crippen molar-refractivity contribution in [2.45, 2.75) is 104 Å². The van der Waals surface area contributed by atoms with Crippen LogP contribution in [0.15, 0.2) is 60.7 Å². The summed E-state index contributed by atoms with van der Waals surface area (Å²) in [5.74, 6) is -5.92. The fourth-order valence-corrected chi connectivity index (χ4v) is 5.13. The molecule has 7 N–H and O–H groups in total. The van der Waals surface area contributed by atoms with Crippen molar-refractivity contribution >= 4 is 35.7 Å². The van der Waals surface area contributed by atoms with Crippen LogP contribution >= 0.6 is 0 Å². The third-order valence-corrected chi connectivity index (χ3v) is 8.05. The van der Waals surface area contributed by atoms with Crippen molar-refractivity contribution in [2.24, 2.45) is 17.6 Å². The predicted octanol–water partition coefficient (Wildman–Crippen LogP) is 2.12. The molecule has 0 aliphatic rings. The van der Waals surface area contributed by atoms with Gasteiger partial charge in [-0.2, -0.15) is 0 Å². The van der Waals surface area contributed by atoms with Gasteiger partial charge in [0.15, 0.2) is 0 Å². The molecule has 50 heavy (non-hydrogen) atoms. The fourth-order valence-electron chi connectivity index (χ4n) is 5.13. The summed E-state index contributed by atoms with van der Waals surface area (Å²) in [6, 6.07) is 12.1. The Morgan fingerprint density at radius 1 is 0.760 bits per heavy atom. The lowest BCUT2D eigenvalue weighted by Crippen LogP contribution is -2.61. The fraction of sp³-hybridized carbons (Fsp3) is 0.500. The molecule has 0 bridgehead atoms. The molecule has 6 atom stereocenters. The molecule has 0 heterocycles. The van der Waals surface area contributed by atoms with Gasteiger partial charge in [-0.1, -0.05) is 88.4 Å². The predicted molar refractivity (Wildman–Crippen MR) is 185 cm³/mol. The summed E-state index contributed by atoms with van der Waals surface area (Å²) < 4.78 is 5.15. The minimum atomic E-state index is -1.46. The van der Waals surface area contributed by atoms with Crippen LogP contribution in [0.1, 0.15) is 65.5 Å². The molecule has 0 saturated heterocycles. The van der Waals surface area contributed by atoms with Gasteiger partial charge >= 0.3 is 12.1 Å². The summed E-state index contributed by atoms with van der Waals surface area (Å²) in [6.07, 6.45) is -2.20. The number of amides is 5. The average Bonchev–Trinajstić information content (AvgIpc) is 3.07. The average molecular weight is 698 g/mol. The molecule has 5 amide bonds. The number of nitrogens with two attached hydrogens (primary N) is 1. The number of alkyl carbamates (subject to hydrolysis) is 1. The first-order valence-corrected chi connectivity index (χ1v) is 16.7. The van der Waals surface area contributed by atoms with Crippen molar-refractivity contribution in [3.05, 3.63) is 71.8 Å².